The molecule has 4 atom stereocenters. The molecule has 0 aliphatic carbocycles. The third-order valence-corrected chi connectivity index (χ3v) is 15.6. The molecule has 0 aromatic rings. The molecule has 0 spiro atoms. The van der Waals surface area contributed by atoms with Gasteiger partial charge in [0, 0.05) is 39.0 Å². The molecule has 0 saturated heterocycles. The van der Waals surface area contributed by atoms with Gasteiger partial charge in [0.25, 0.3) is 0 Å². The van der Waals surface area contributed by atoms with Crippen molar-refractivity contribution in [2.24, 2.45) is 11.8 Å². The molecule has 132 valence electrons. The standard InChI is InChI=1S/C10H14I8O2S.2Zn/c1-3(7(11)12)5(9(15)16)21(19,20)6(10(17)18)4(2)8(13)14;;/h3-10H,1-2H3;;. The van der Waals surface area contributed by atoms with Crippen LogP contribution in [0.4, 0.5) is 0 Å². The molecule has 0 heterocycles. The van der Waals surface area contributed by atoms with E-state index in [2.05, 4.69) is 195 Å². The minimum Gasteiger partial charge on any atom is -0.228 e. The summed E-state index contributed by atoms with van der Waals surface area (Å²) in [5, 5.41) is -0.605. The number of sulfone groups is 1. The zero-order valence-corrected chi connectivity index (χ0v) is 36.3. The number of rotatable bonds is 8. The van der Waals surface area contributed by atoms with Crippen molar-refractivity contribution in [2.75, 3.05) is 0 Å². The monoisotopic (exact) mass is 1340 g/mol. The van der Waals surface area contributed by atoms with Crippen molar-refractivity contribution in [3.63, 3.8) is 0 Å². The smallest absolute Gasteiger partial charge is 0.160 e. The summed E-state index contributed by atoms with van der Waals surface area (Å²) in [4.78, 5) is 0. The molecular weight excluding hydrogens is 1330 g/mol. The fourth-order valence-corrected chi connectivity index (χ4v) is 14.7. The Hall–Kier alpha value is 7.04. The molecule has 0 aromatic heterocycles. The van der Waals surface area contributed by atoms with Gasteiger partial charge in [-0.05, 0) is 11.8 Å². The van der Waals surface area contributed by atoms with Gasteiger partial charge in [0.15, 0.2) is 9.84 Å². The van der Waals surface area contributed by atoms with Crippen molar-refractivity contribution in [3.05, 3.63) is 0 Å². The zero-order chi connectivity index (χ0) is 17.1. The van der Waals surface area contributed by atoms with Crippen LogP contribution in [-0.2, 0) is 48.8 Å². The minimum absolute atomic E-state index is 0. The van der Waals surface area contributed by atoms with Crippen LogP contribution in [-0.4, -0.2) is 26.6 Å². The van der Waals surface area contributed by atoms with Crippen molar-refractivity contribution in [1.29, 1.82) is 0 Å². The van der Waals surface area contributed by atoms with E-state index in [4.69, 9.17) is 0 Å². The largest absolute Gasteiger partial charge is 0.228 e. The van der Waals surface area contributed by atoms with Gasteiger partial charge in [-0.1, -0.05) is 195 Å². The maximum absolute atomic E-state index is 13.4. The summed E-state index contributed by atoms with van der Waals surface area (Å²) in [6.45, 7) is 4.14. The average Bonchev–Trinajstić information content (AvgIpc) is 2.26. The molecule has 0 N–H and O–H groups in total. The first kappa shape index (κ1) is 34.6. The van der Waals surface area contributed by atoms with Crippen LogP contribution in [0.25, 0.3) is 0 Å². The second-order valence-electron chi connectivity index (χ2n) is 4.57. The minimum atomic E-state index is -3.20. The van der Waals surface area contributed by atoms with Crippen LogP contribution >= 0.6 is 181 Å². The van der Waals surface area contributed by atoms with Gasteiger partial charge in [0.05, 0.1) is 18.2 Å². The Morgan fingerprint density at radius 2 is 0.783 bits per heavy atom. The van der Waals surface area contributed by atoms with Gasteiger partial charge in [-0.2, -0.15) is 0 Å². The van der Waals surface area contributed by atoms with Gasteiger partial charge >= 0.3 is 0 Å². The second kappa shape index (κ2) is 16.6. The molecule has 0 bridgehead atoms. The second-order valence-corrected chi connectivity index (χ2v) is 27.1. The average molecular weight is 1340 g/mol. The molecule has 0 rings (SSSR count). The fraction of sp³-hybridized carbons (Fsp3) is 1.00. The summed E-state index contributed by atoms with van der Waals surface area (Å²) in [5.74, 6) is 0.274. The van der Waals surface area contributed by atoms with Crippen molar-refractivity contribution < 1.29 is 47.4 Å². The van der Waals surface area contributed by atoms with Crippen LogP contribution in [0, 0.1) is 11.8 Å². The maximum atomic E-state index is 13.4. The molecule has 13 heteroatoms. The number of hydrogen-bond acceptors (Lipinski definition) is 2. The molecule has 0 amide bonds. The number of alkyl halides is 8. The zero-order valence-electron chi connectivity index (χ0n) is 12.3. The van der Waals surface area contributed by atoms with Crippen molar-refractivity contribution in [3.8, 4) is 0 Å². The van der Waals surface area contributed by atoms with E-state index in [9.17, 15) is 8.42 Å². The van der Waals surface area contributed by atoms with Crippen LogP contribution in [0.3, 0.4) is 0 Å². The predicted molar refractivity (Wildman–Crippen MR) is 162 cm³/mol. The molecule has 0 aliphatic heterocycles. The molecule has 23 heavy (non-hydrogen) atoms. The Bertz CT molecular complexity index is 389. The van der Waals surface area contributed by atoms with Gasteiger partial charge in [-0.15, -0.1) is 0 Å². The number of hydrogen-bond donors (Lipinski definition) is 0. The maximum Gasteiger partial charge on any atom is 0.160 e. The molecule has 4 unspecified atom stereocenters. The van der Waals surface area contributed by atoms with E-state index in [1.165, 1.54) is 0 Å². The van der Waals surface area contributed by atoms with Crippen molar-refractivity contribution in [2.45, 2.75) is 32.1 Å². The van der Waals surface area contributed by atoms with Crippen LogP contribution in [0.1, 0.15) is 13.8 Å². The number of halogens is 8. The van der Waals surface area contributed by atoms with E-state index in [-0.39, 0.29) is 65.2 Å². The fourth-order valence-electron chi connectivity index (χ4n) is 1.81. The van der Waals surface area contributed by atoms with Crippen LogP contribution in [0.5, 0.6) is 0 Å². The molecule has 0 fully saturated rings. The van der Waals surface area contributed by atoms with Gasteiger partial charge in [0.1, 0.15) is 0 Å². The van der Waals surface area contributed by atoms with E-state index < -0.39 is 9.84 Å². The summed E-state index contributed by atoms with van der Waals surface area (Å²) >= 11 is 18.4. The Balaban J connectivity index is -0.00000200. The molecule has 0 aromatic carbocycles. The Morgan fingerprint density at radius 1 is 0.565 bits per heavy atom. The summed E-state index contributed by atoms with van der Waals surface area (Å²) in [5.41, 5.74) is 0. The quantitative estimate of drug-likeness (QED) is 0.147. The van der Waals surface area contributed by atoms with Gasteiger partial charge < -0.3 is 0 Å². The van der Waals surface area contributed by atoms with E-state index in [1.54, 1.807) is 0 Å². The van der Waals surface area contributed by atoms with E-state index >= 15 is 0 Å². The van der Waals surface area contributed by atoms with E-state index in [1.807, 2.05) is 0 Å². The van der Waals surface area contributed by atoms with Gasteiger partial charge in [0.2, 0.25) is 0 Å². The Kier molecular flexibility index (Phi) is 25.1. The normalized spacial score (nSPS) is 17.7. The van der Waals surface area contributed by atoms with Gasteiger partial charge in [-0.25, -0.2) is 8.42 Å². The van der Waals surface area contributed by atoms with E-state index in [0.717, 1.165) is 0 Å². The first-order valence-corrected chi connectivity index (χ1v) is 17.3. The first-order valence-electron chi connectivity index (χ1n) is 5.71. The predicted octanol–water partition coefficient (Wildman–Crippen LogP) is 7.19. The Labute approximate surface area is 275 Å². The van der Waals surface area contributed by atoms with Crippen molar-refractivity contribution >= 4 is 191 Å². The molecular formula is C10H14I8O2SZn2. The van der Waals surface area contributed by atoms with E-state index in [0.29, 0.717) is 3.86 Å². The first-order chi connectivity index (χ1) is 9.35. The third kappa shape index (κ3) is 11.5. The molecule has 0 saturated carbocycles. The van der Waals surface area contributed by atoms with Crippen LogP contribution in [0.2, 0.25) is 0 Å². The summed E-state index contributed by atoms with van der Waals surface area (Å²) < 4.78 is 27.5. The van der Waals surface area contributed by atoms with Crippen molar-refractivity contribution in [1.82, 2.24) is 0 Å². The third-order valence-electron chi connectivity index (χ3n) is 3.09. The SMILES string of the molecule is CC(C(I)I)C(C(I)I)S(=O)(=O)C(C(I)I)C(C)C(I)I.[Zn].[Zn]. The summed E-state index contributed by atoms with van der Waals surface area (Å²) in [6.07, 6.45) is 0. The Morgan fingerprint density at radius 3 is 0.913 bits per heavy atom. The molecule has 0 aliphatic rings. The van der Waals surface area contributed by atoms with Gasteiger partial charge in [-0.3, -0.25) is 0 Å². The summed E-state index contributed by atoms with van der Waals surface area (Å²) in [6, 6.07) is 0. The molecule has 2 nitrogen and oxygen atoms in total. The van der Waals surface area contributed by atoms with Crippen LogP contribution < -0.4 is 0 Å². The topological polar surface area (TPSA) is 34.1 Å². The summed E-state index contributed by atoms with van der Waals surface area (Å²) in [7, 11) is -3.20. The van der Waals surface area contributed by atoms with Crippen LogP contribution in [0.15, 0.2) is 0 Å². The molecule has 0 radical (unpaired) electrons.